The minimum atomic E-state index is -4.85. The molecule has 1 atom stereocenters. The van der Waals surface area contributed by atoms with E-state index in [1.54, 1.807) is 24.7 Å². The molecule has 2 heterocycles. The Morgan fingerprint density at radius 3 is 2.48 bits per heavy atom. The number of benzene rings is 1. The van der Waals surface area contributed by atoms with Gasteiger partial charge >= 0.3 is 6.18 Å². The largest absolute Gasteiger partial charge is 0.421 e. The molecule has 1 fully saturated rings. The molecule has 1 aromatic carbocycles. The van der Waals surface area contributed by atoms with E-state index in [0.717, 1.165) is 25.0 Å². The van der Waals surface area contributed by atoms with Gasteiger partial charge in [-0.05, 0) is 48.4 Å². The van der Waals surface area contributed by atoms with Gasteiger partial charge in [0.25, 0.3) is 0 Å². The third-order valence-electron chi connectivity index (χ3n) is 5.87. The molecule has 0 bridgehead atoms. The van der Waals surface area contributed by atoms with E-state index in [9.17, 15) is 18.3 Å². The third-order valence-corrected chi connectivity index (χ3v) is 5.87. The highest BCUT2D eigenvalue weighted by Gasteiger charge is 2.55. The number of H-pyrrole nitrogens is 1. The molecule has 8 heteroatoms. The third kappa shape index (κ3) is 3.81. The molecule has 0 saturated heterocycles. The first-order chi connectivity index (χ1) is 13.7. The number of hydrogen-bond acceptors (Lipinski definition) is 3. The van der Waals surface area contributed by atoms with Gasteiger partial charge in [0.2, 0.25) is 0 Å². The normalized spacial score (nSPS) is 18.2. The number of rotatable bonds is 6. The Kier molecular flexibility index (Phi) is 4.77. The van der Waals surface area contributed by atoms with Crippen LogP contribution in [0, 0.1) is 5.41 Å². The molecule has 2 aromatic heterocycles. The van der Waals surface area contributed by atoms with E-state index in [4.69, 9.17) is 0 Å². The van der Waals surface area contributed by atoms with Gasteiger partial charge in [-0.3, -0.25) is 0 Å². The average Bonchev–Trinajstić information content (AvgIpc) is 3.32. The van der Waals surface area contributed by atoms with Crippen LogP contribution in [0.3, 0.4) is 0 Å². The summed E-state index contributed by atoms with van der Waals surface area (Å²) in [5, 5.41) is 14.7. The lowest BCUT2D eigenvalue weighted by Gasteiger charge is -2.38. The van der Waals surface area contributed by atoms with Crippen molar-refractivity contribution in [3.05, 3.63) is 66.0 Å². The first-order valence-corrected chi connectivity index (χ1v) is 9.61. The van der Waals surface area contributed by atoms with Crippen LogP contribution in [0.15, 0.2) is 48.9 Å². The predicted molar refractivity (Wildman–Crippen MR) is 101 cm³/mol. The fourth-order valence-electron chi connectivity index (χ4n) is 3.92. The predicted octanol–water partition coefficient (Wildman–Crippen LogP) is 4.32. The van der Waals surface area contributed by atoms with Crippen LogP contribution in [0.1, 0.15) is 43.3 Å². The van der Waals surface area contributed by atoms with Gasteiger partial charge in [-0.2, -0.15) is 18.3 Å². The Morgan fingerprint density at radius 2 is 1.93 bits per heavy atom. The number of imidazole rings is 1. The van der Waals surface area contributed by atoms with Crippen molar-refractivity contribution in [1.82, 2.24) is 19.7 Å². The van der Waals surface area contributed by atoms with Gasteiger partial charge in [-0.25, -0.2) is 9.67 Å². The maximum Gasteiger partial charge on any atom is 0.421 e. The van der Waals surface area contributed by atoms with Gasteiger partial charge in [0.05, 0.1) is 5.69 Å². The molecule has 0 aliphatic heterocycles. The van der Waals surface area contributed by atoms with Crippen LogP contribution in [-0.4, -0.2) is 31.0 Å². The molecule has 2 N–H and O–H groups in total. The molecule has 29 heavy (non-hydrogen) atoms. The summed E-state index contributed by atoms with van der Waals surface area (Å²) >= 11 is 0. The molecule has 1 unspecified atom stereocenters. The summed E-state index contributed by atoms with van der Waals surface area (Å²) in [4.78, 5) is 7.09. The van der Waals surface area contributed by atoms with E-state index in [2.05, 4.69) is 22.0 Å². The highest BCUT2D eigenvalue weighted by molar-refractivity contribution is 5.37. The quantitative estimate of drug-likeness (QED) is 0.643. The van der Waals surface area contributed by atoms with Crippen molar-refractivity contribution in [2.45, 2.75) is 50.8 Å². The van der Waals surface area contributed by atoms with E-state index < -0.39 is 18.2 Å². The van der Waals surface area contributed by atoms with Crippen LogP contribution in [0.5, 0.6) is 0 Å². The van der Waals surface area contributed by atoms with E-state index in [0.29, 0.717) is 5.69 Å². The summed E-state index contributed by atoms with van der Waals surface area (Å²) in [6.45, 7) is 2.17. The summed E-state index contributed by atoms with van der Waals surface area (Å²) in [6.07, 6.45) is 3.48. The Morgan fingerprint density at radius 1 is 1.21 bits per heavy atom. The minimum absolute atomic E-state index is 0.124. The first kappa shape index (κ1) is 19.7. The molecular formula is C21H23F3N4O. The average molecular weight is 404 g/mol. The Balaban J connectivity index is 1.58. The van der Waals surface area contributed by atoms with Crippen molar-refractivity contribution in [2.24, 2.45) is 5.41 Å². The molecule has 0 amide bonds. The monoisotopic (exact) mass is 404 g/mol. The Hall–Kier alpha value is -2.61. The van der Waals surface area contributed by atoms with Crippen molar-refractivity contribution < 1.29 is 18.3 Å². The SMILES string of the molecule is CC1(Cc2cnc(CC(O)(c3ccc(-n4cccn4)cc3)C(F)(F)F)[nH]2)CCC1. The second kappa shape index (κ2) is 7.02. The van der Waals surface area contributed by atoms with Crippen molar-refractivity contribution in [3.8, 4) is 5.69 Å². The van der Waals surface area contributed by atoms with Crippen molar-refractivity contribution in [3.63, 3.8) is 0 Å². The van der Waals surface area contributed by atoms with Gasteiger partial charge in [0.15, 0.2) is 5.60 Å². The zero-order chi connectivity index (χ0) is 20.7. The minimum Gasteiger partial charge on any atom is -0.376 e. The lowest BCUT2D eigenvalue weighted by Crippen LogP contribution is -2.44. The molecule has 1 aliphatic carbocycles. The van der Waals surface area contributed by atoms with Crippen LogP contribution in [0.25, 0.3) is 5.69 Å². The highest BCUT2D eigenvalue weighted by atomic mass is 19.4. The molecule has 154 valence electrons. The molecule has 4 rings (SSSR count). The Labute approximate surface area is 166 Å². The zero-order valence-corrected chi connectivity index (χ0v) is 16.1. The van der Waals surface area contributed by atoms with Gasteiger partial charge < -0.3 is 10.1 Å². The summed E-state index contributed by atoms with van der Waals surface area (Å²) in [5.41, 5.74) is -1.67. The number of aromatic amines is 1. The number of aromatic nitrogens is 4. The highest BCUT2D eigenvalue weighted by Crippen LogP contribution is 2.43. The molecule has 1 saturated carbocycles. The van der Waals surface area contributed by atoms with Gasteiger partial charge in [-0.1, -0.05) is 25.5 Å². The second-order valence-corrected chi connectivity index (χ2v) is 8.23. The number of nitrogens with zero attached hydrogens (tertiary/aromatic N) is 3. The molecule has 0 radical (unpaired) electrons. The number of hydrogen-bond donors (Lipinski definition) is 2. The summed E-state index contributed by atoms with van der Waals surface area (Å²) < 4.78 is 43.2. The Bertz CT molecular complexity index is 959. The van der Waals surface area contributed by atoms with E-state index in [-0.39, 0.29) is 16.8 Å². The number of alkyl halides is 3. The van der Waals surface area contributed by atoms with E-state index >= 15 is 0 Å². The van der Waals surface area contributed by atoms with Gasteiger partial charge in [0, 0.05) is 30.7 Å². The van der Waals surface area contributed by atoms with Gasteiger partial charge in [0.1, 0.15) is 5.82 Å². The fraction of sp³-hybridized carbons (Fsp3) is 0.429. The van der Waals surface area contributed by atoms with Crippen molar-refractivity contribution in [1.29, 1.82) is 0 Å². The van der Waals surface area contributed by atoms with E-state index in [1.807, 2.05) is 0 Å². The number of aliphatic hydroxyl groups is 1. The lowest BCUT2D eigenvalue weighted by molar-refractivity contribution is -0.266. The van der Waals surface area contributed by atoms with Crippen molar-refractivity contribution in [2.75, 3.05) is 0 Å². The van der Waals surface area contributed by atoms with Crippen LogP contribution < -0.4 is 0 Å². The summed E-state index contributed by atoms with van der Waals surface area (Å²) in [6, 6.07) is 7.29. The van der Waals surface area contributed by atoms with Crippen LogP contribution >= 0.6 is 0 Å². The second-order valence-electron chi connectivity index (χ2n) is 8.23. The zero-order valence-electron chi connectivity index (χ0n) is 16.1. The molecule has 5 nitrogen and oxygen atoms in total. The molecule has 0 spiro atoms. The topological polar surface area (TPSA) is 66.7 Å². The van der Waals surface area contributed by atoms with Crippen LogP contribution in [-0.2, 0) is 18.4 Å². The van der Waals surface area contributed by atoms with Gasteiger partial charge in [-0.15, -0.1) is 0 Å². The summed E-state index contributed by atoms with van der Waals surface area (Å²) in [7, 11) is 0. The smallest absolute Gasteiger partial charge is 0.376 e. The maximum absolute atomic E-state index is 13.9. The maximum atomic E-state index is 13.9. The molecular weight excluding hydrogens is 381 g/mol. The standard InChI is InChI=1S/C21H23F3N4O/c1-19(8-2-9-19)12-16-14-25-18(27-16)13-20(29,21(22,23)24)15-4-6-17(7-5-15)28-11-3-10-26-28/h3-7,10-11,14,29H,2,8-9,12-13H2,1H3,(H,25,27). The summed E-state index contributed by atoms with van der Waals surface area (Å²) in [5.74, 6) is 0.124. The molecule has 3 aromatic rings. The van der Waals surface area contributed by atoms with Crippen LogP contribution in [0.2, 0.25) is 0 Å². The number of nitrogens with one attached hydrogen (secondary N) is 1. The molecule has 1 aliphatic rings. The fourth-order valence-corrected chi connectivity index (χ4v) is 3.92. The number of halogens is 3. The van der Waals surface area contributed by atoms with Crippen LogP contribution in [0.4, 0.5) is 13.2 Å². The van der Waals surface area contributed by atoms with E-state index in [1.165, 1.54) is 35.4 Å². The van der Waals surface area contributed by atoms with Crippen molar-refractivity contribution >= 4 is 0 Å². The lowest BCUT2D eigenvalue weighted by atomic mass is 9.68. The first-order valence-electron chi connectivity index (χ1n) is 9.61.